The summed E-state index contributed by atoms with van der Waals surface area (Å²) in [5, 5.41) is 12.6. The minimum Gasteiger partial charge on any atom is -0.480 e. The number of carbonyl (C=O) groups excluding carboxylic acids is 1. The van der Waals surface area contributed by atoms with Gasteiger partial charge in [-0.05, 0) is 30.7 Å². The Kier molecular flexibility index (Phi) is 4.94. The molecule has 0 aliphatic rings. The summed E-state index contributed by atoms with van der Waals surface area (Å²) in [5.74, 6) is -0.945. The van der Waals surface area contributed by atoms with Gasteiger partial charge < -0.3 is 19.7 Å². The minimum absolute atomic E-state index is 0.0589. The molecule has 0 fully saturated rings. The van der Waals surface area contributed by atoms with Crippen molar-refractivity contribution in [2.45, 2.75) is 19.4 Å². The molecule has 2 aromatic rings. The molecule has 2 N–H and O–H groups in total. The van der Waals surface area contributed by atoms with Crippen LogP contribution in [0.2, 0.25) is 0 Å². The molecule has 1 aromatic heterocycles. The van der Waals surface area contributed by atoms with Crippen LogP contribution >= 0.6 is 0 Å². The van der Waals surface area contributed by atoms with E-state index in [4.69, 9.17) is 9.84 Å². The molecule has 0 saturated carbocycles. The number of nitrogens with zero attached hydrogens (tertiary/aromatic N) is 1. The van der Waals surface area contributed by atoms with Crippen LogP contribution in [0, 0.1) is 0 Å². The van der Waals surface area contributed by atoms with E-state index in [0.29, 0.717) is 25.1 Å². The molecule has 1 heterocycles. The summed E-state index contributed by atoms with van der Waals surface area (Å²) < 4.78 is 6.56. The van der Waals surface area contributed by atoms with Crippen LogP contribution in [0.1, 0.15) is 12.8 Å². The second-order valence-electron chi connectivity index (χ2n) is 4.76. The Labute approximate surface area is 122 Å². The molecule has 6 heteroatoms. The number of aromatic nitrogens is 1. The molecule has 0 unspecified atom stereocenters. The van der Waals surface area contributed by atoms with Gasteiger partial charge in [-0.15, -0.1) is 0 Å². The highest BCUT2D eigenvalue weighted by Crippen LogP contribution is 2.20. The molecule has 2 rings (SSSR count). The number of aliphatic carboxylic acids is 1. The predicted octanol–water partition coefficient (Wildman–Crippen LogP) is 2.09. The smallest absolute Gasteiger partial charge is 0.323 e. The summed E-state index contributed by atoms with van der Waals surface area (Å²) in [6.45, 7) is 0.483. The van der Waals surface area contributed by atoms with Crippen molar-refractivity contribution in [3.05, 3.63) is 30.5 Å². The van der Waals surface area contributed by atoms with Gasteiger partial charge in [0.15, 0.2) is 0 Å². The van der Waals surface area contributed by atoms with E-state index in [2.05, 4.69) is 5.32 Å². The van der Waals surface area contributed by atoms with Crippen molar-refractivity contribution in [1.82, 2.24) is 4.57 Å². The number of carboxylic acid groups (broad SMARTS) is 1. The van der Waals surface area contributed by atoms with Gasteiger partial charge in [-0.3, -0.25) is 9.59 Å². The number of hydrogen-bond acceptors (Lipinski definition) is 3. The van der Waals surface area contributed by atoms with Crippen LogP contribution in [0.3, 0.4) is 0 Å². The summed E-state index contributed by atoms with van der Waals surface area (Å²) >= 11 is 0. The van der Waals surface area contributed by atoms with E-state index in [9.17, 15) is 9.59 Å². The second kappa shape index (κ2) is 6.90. The monoisotopic (exact) mass is 290 g/mol. The fourth-order valence-electron chi connectivity index (χ4n) is 2.16. The number of fused-ring (bicyclic) bond motifs is 1. The molecule has 0 spiro atoms. The first kappa shape index (κ1) is 15.1. The van der Waals surface area contributed by atoms with E-state index >= 15 is 0 Å². The Morgan fingerprint density at radius 1 is 1.33 bits per heavy atom. The van der Waals surface area contributed by atoms with Crippen LogP contribution in [0.4, 0.5) is 5.69 Å². The quantitative estimate of drug-likeness (QED) is 0.765. The summed E-state index contributed by atoms with van der Waals surface area (Å²) in [5.41, 5.74) is 1.53. The third-order valence-electron chi connectivity index (χ3n) is 3.11. The Morgan fingerprint density at radius 2 is 2.14 bits per heavy atom. The maximum absolute atomic E-state index is 11.7. The molecule has 0 atom stereocenters. The number of anilines is 1. The predicted molar refractivity (Wildman–Crippen MR) is 79.3 cm³/mol. The molecule has 1 aromatic carbocycles. The number of amides is 1. The van der Waals surface area contributed by atoms with E-state index in [-0.39, 0.29) is 12.5 Å². The number of benzene rings is 1. The van der Waals surface area contributed by atoms with Crippen molar-refractivity contribution < 1.29 is 19.4 Å². The molecular formula is C15H18N2O4. The lowest BCUT2D eigenvalue weighted by atomic mass is 10.2. The summed E-state index contributed by atoms with van der Waals surface area (Å²) in [7, 11) is 1.60. The zero-order valence-corrected chi connectivity index (χ0v) is 11.8. The van der Waals surface area contributed by atoms with E-state index in [0.717, 1.165) is 10.9 Å². The third-order valence-corrected chi connectivity index (χ3v) is 3.11. The van der Waals surface area contributed by atoms with Gasteiger partial charge in [0, 0.05) is 42.9 Å². The number of methoxy groups -OCH3 is 1. The van der Waals surface area contributed by atoms with E-state index in [1.165, 1.54) is 0 Å². The van der Waals surface area contributed by atoms with E-state index in [1.807, 2.05) is 18.2 Å². The third kappa shape index (κ3) is 4.06. The summed E-state index contributed by atoms with van der Waals surface area (Å²) in [6.07, 6.45) is 2.81. The number of rotatable bonds is 7. The molecule has 0 aliphatic carbocycles. The van der Waals surface area contributed by atoms with Crippen molar-refractivity contribution >= 4 is 28.5 Å². The average molecular weight is 290 g/mol. The molecule has 21 heavy (non-hydrogen) atoms. The fraction of sp³-hybridized carbons (Fsp3) is 0.333. The fourth-order valence-corrected chi connectivity index (χ4v) is 2.16. The first-order valence-corrected chi connectivity index (χ1v) is 6.69. The van der Waals surface area contributed by atoms with Gasteiger partial charge in [-0.1, -0.05) is 0 Å². The first-order valence-electron chi connectivity index (χ1n) is 6.69. The normalized spacial score (nSPS) is 10.7. The number of nitrogens with one attached hydrogen (secondary N) is 1. The lowest BCUT2D eigenvalue weighted by Crippen LogP contribution is -2.12. The van der Waals surface area contributed by atoms with Crippen LogP contribution < -0.4 is 5.32 Å². The maximum Gasteiger partial charge on any atom is 0.323 e. The Morgan fingerprint density at radius 3 is 2.86 bits per heavy atom. The minimum atomic E-state index is -0.886. The van der Waals surface area contributed by atoms with Crippen molar-refractivity contribution in [1.29, 1.82) is 0 Å². The van der Waals surface area contributed by atoms with Gasteiger partial charge in [0.25, 0.3) is 0 Å². The van der Waals surface area contributed by atoms with E-state index in [1.54, 1.807) is 23.9 Å². The van der Waals surface area contributed by atoms with Crippen LogP contribution in [0.5, 0.6) is 0 Å². The second-order valence-corrected chi connectivity index (χ2v) is 4.76. The molecule has 0 bridgehead atoms. The summed E-state index contributed by atoms with van der Waals surface area (Å²) in [4.78, 5) is 22.5. The molecular weight excluding hydrogens is 272 g/mol. The molecule has 0 saturated heterocycles. The van der Waals surface area contributed by atoms with Gasteiger partial charge >= 0.3 is 5.97 Å². The molecule has 1 amide bonds. The van der Waals surface area contributed by atoms with Crippen molar-refractivity contribution in [3.63, 3.8) is 0 Å². The standard InChI is InChI=1S/C15H18N2O4/c1-21-8-2-3-14(18)16-12-4-5-13-11(9-12)6-7-17(13)10-15(19)20/h4-7,9H,2-3,8,10H2,1H3,(H,16,18)(H,19,20). The molecule has 112 valence electrons. The summed E-state index contributed by atoms with van der Waals surface area (Å²) in [6, 6.07) is 7.25. The molecule has 0 radical (unpaired) electrons. The highest BCUT2D eigenvalue weighted by molar-refractivity contribution is 5.94. The number of carbonyl (C=O) groups is 2. The van der Waals surface area contributed by atoms with Gasteiger partial charge in [0.1, 0.15) is 6.54 Å². The molecule has 0 aliphatic heterocycles. The zero-order valence-electron chi connectivity index (χ0n) is 11.8. The van der Waals surface area contributed by atoms with Gasteiger partial charge in [0.2, 0.25) is 5.91 Å². The Bertz CT molecular complexity index is 648. The van der Waals surface area contributed by atoms with Gasteiger partial charge in [-0.2, -0.15) is 0 Å². The number of ether oxygens (including phenoxy) is 1. The van der Waals surface area contributed by atoms with Crippen molar-refractivity contribution in [2.75, 3.05) is 19.0 Å². The SMILES string of the molecule is COCCCC(=O)Nc1ccc2c(ccn2CC(=O)O)c1. The van der Waals surface area contributed by atoms with Gasteiger partial charge in [-0.25, -0.2) is 0 Å². The van der Waals surface area contributed by atoms with Crippen LogP contribution in [-0.4, -0.2) is 35.3 Å². The highest BCUT2D eigenvalue weighted by atomic mass is 16.5. The van der Waals surface area contributed by atoms with Crippen LogP contribution in [-0.2, 0) is 20.9 Å². The number of carboxylic acids is 1. The lowest BCUT2D eigenvalue weighted by molar-refractivity contribution is -0.137. The largest absolute Gasteiger partial charge is 0.480 e. The Hall–Kier alpha value is -2.34. The van der Waals surface area contributed by atoms with Crippen LogP contribution in [0.25, 0.3) is 10.9 Å². The van der Waals surface area contributed by atoms with Gasteiger partial charge in [0.05, 0.1) is 0 Å². The van der Waals surface area contributed by atoms with Crippen molar-refractivity contribution in [3.8, 4) is 0 Å². The number of hydrogen-bond donors (Lipinski definition) is 2. The lowest BCUT2D eigenvalue weighted by Gasteiger charge is -2.06. The van der Waals surface area contributed by atoms with Crippen LogP contribution in [0.15, 0.2) is 30.5 Å². The van der Waals surface area contributed by atoms with E-state index < -0.39 is 5.97 Å². The first-order chi connectivity index (χ1) is 10.1. The highest BCUT2D eigenvalue weighted by Gasteiger charge is 2.07. The van der Waals surface area contributed by atoms with Crippen molar-refractivity contribution in [2.24, 2.45) is 0 Å². The maximum atomic E-state index is 11.7. The molecule has 6 nitrogen and oxygen atoms in total. The topological polar surface area (TPSA) is 80.6 Å². The zero-order chi connectivity index (χ0) is 15.2. The average Bonchev–Trinajstić information content (AvgIpc) is 2.81. The Balaban J connectivity index is 2.06.